The molecule has 0 bridgehead atoms. The van der Waals surface area contributed by atoms with Gasteiger partial charge in [0, 0.05) is 18.9 Å². The van der Waals surface area contributed by atoms with E-state index < -0.39 is 11.7 Å². The summed E-state index contributed by atoms with van der Waals surface area (Å²) >= 11 is 0. The third-order valence-corrected chi connectivity index (χ3v) is 3.86. The minimum absolute atomic E-state index is 0.0954. The van der Waals surface area contributed by atoms with Gasteiger partial charge in [-0.2, -0.15) is 5.10 Å². The predicted molar refractivity (Wildman–Crippen MR) is 84.3 cm³/mol. The largest absolute Gasteiger partial charge is 0.379 e. The van der Waals surface area contributed by atoms with Crippen LogP contribution in [0.4, 0.5) is 10.1 Å². The van der Waals surface area contributed by atoms with Gasteiger partial charge in [0.15, 0.2) is 11.5 Å². The maximum atomic E-state index is 12.9. The lowest BCUT2D eigenvalue weighted by Crippen LogP contribution is -2.12. The van der Waals surface area contributed by atoms with Crippen molar-refractivity contribution < 1.29 is 18.4 Å². The molecule has 0 spiro atoms. The van der Waals surface area contributed by atoms with Crippen LogP contribution in [0.25, 0.3) is 11.5 Å². The fourth-order valence-electron chi connectivity index (χ4n) is 2.55. The van der Waals surface area contributed by atoms with E-state index in [1.165, 1.54) is 18.2 Å². The minimum atomic E-state index is -0.453. The molecule has 3 aromatic rings. The molecule has 1 unspecified atom stereocenters. The van der Waals surface area contributed by atoms with Gasteiger partial charge in [0.2, 0.25) is 0 Å². The van der Waals surface area contributed by atoms with Gasteiger partial charge in [0.1, 0.15) is 11.5 Å². The van der Waals surface area contributed by atoms with Crippen LogP contribution in [0.3, 0.4) is 0 Å². The summed E-state index contributed by atoms with van der Waals surface area (Å²) in [5.74, 6) is -0.603. The number of halogens is 1. The molecule has 3 aromatic heterocycles. The number of anilines is 1. The molecule has 0 aromatic carbocycles. The molecule has 1 fully saturated rings. The zero-order chi connectivity index (χ0) is 17.2. The number of aromatic nitrogens is 4. The van der Waals surface area contributed by atoms with Crippen molar-refractivity contribution >= 4 is 11.6 Å². The smallest absolute Gasteiger partial charge is 0.277 e. The molecule has 4 heterocycles. The van der Waals surface area contributed by atoms with Crippen LogP contribution in [0, 0.1) is 5.82 Å². The SMILES string of the molecule is O=C(Nc1cnn(C2CCOC2)c1)c1cc(-c2ccc(F)cn2)on1. The van der Waals surface area contributed by atoms with Gasteiger partial charge in [-0.3, -0.25) is 9.48 Å². The van der Waals surface area contributed by atoms with Gasteiger partial charge in [-0.05, 0) is 18.6 Å². The Bertz CT molecular complexity index is 883. The first-order valence-corrected chi connectivity index (χ1v) is 7.71. The quantitative estimate of drug-likeness (QED) is 0.781. The average Bonchev–Trinajstić information content (AvgIpc) is 3.36. The van der Waals surface area contributed by atoms with Gasteiger partial charge >= 0.3 is 0 Å². The van der Waals surface area contributed by atoms with Crippen molar-refractivity contribution in [2.45, 2.75) is 12.5 Å². The summed E-state index contributed by atoms with van der Waals surface area (Å²) in [7, 11) is 0. The van der Waals surface area contributed by atoms with Crippen LogP contribution in [-0.2, 0) is 4.74 Å². The Hall–Kier alpha value is -3.07. The van der Waals surface area contributed by atoms with Crippen LogP contribution in [0.2, 0.25) is 0 Å². The molecule has 4 rings (SSSR count). The van der Waals surface area contributed by atoms with Gasteiger partial charge in [-0.25, -0.2) is 9.37 Å². The van der Waals surface area contributed by atoms with Crippen molar-refractivity contribution in [3.63, 3.8) is 0 Å². The fourth-order valence-corrected chi connectivity index (χ4v) is 2.55. The molecular formula is C16H14FN5O3. The van der Waals surface area contributed by atoms with E-state index in [2.05, 4.69) is 20.6 Å². The third kappa shape index (κ3) is 3.26. The van der Waals surface area contributed by atoms with E-state index in [-0.39, 0.29) is 17.5 Å². The number of rotatable bonds is 4. The Balaban J connectivity index is 1.45. The number of hydrogen-bond donors (Lipinski definition) is 1. The van der Waals surface area contributed by atoms with Crippen molar-refractivity contribution in [2.75, 3.05) is 18.5 Å². The number of ether oxygens (including phenoxy) is 1. The maximum absolute atomic E-state index is 12.9. The summed E-state index contributed by atoms with van der Waals surface area (Å²) < 4.78 is 25.1. The van der Waals surface area contributed by atoms with Crippen LogP contribution in [0.1, 0.15) is 23.0 Å². The van der Waals surface area contributed by atoms with Gasteiger partial charge in [0.05, 0.1) is 30.7 Å². The lowest BCUT2D eigenvalue weighted by molar-refractivity contribution is 0.101. The van der Waals surface area contributed by atoms with E-state index in [4.69, 9.17) is 9.26 Å². The first-order chi connectivity index (χ1) is 12.2. The van der Waals surface area contributed by atoms with Gasteiger partial charge in [0.25, 0.3) is 5.91 Å². The minimum Gasteiger partial charge on any atom is -0.379 e. The molecule has 1 amide bonds. The van der Waals surface area contributed by atoms with E-state index in [0.717, 1.165) is 12.6 Å². The van der Waals surface area contributed by atoms with Gasteiger partial charge in [-0.1, -0.05) is 5.16 Å². The summed E-state index contributed by atoms with van der Waals surface area (Å²) in [4.78, 5) is 16.2. The Labute approximate surface area is 141 Å². The van der Waals surface area contributed by atoms with Crippen molar-refractivity contribution in [2.24, 2.45) is 0 Å². The standard InChI is InChI=1S/C16H14FN5O3/c17-10-1-2-13(18-6-10)15-5-14(21-25-15)16(23)20-11-7-19-22(8-11)12-3-4-24-9-12/h1-2,5-8,12H,3-4,9H2,(H,20,23). The Morgan fingerprint density at radius 2 is 2.28 bits per heavy atom. The van der Waals surface area contributed by atoms with Gasteiger partial charge < -0.3 is 14.6 Å². The molecular weight excluding hydrogens is 329 g/mol. The molecule has 9 heteroatoms. The second kappa shape index (κ2) is 6.44. The molecule has 1 N–H and O–H groups in total. The molecule has 0 saturated carbocycles. The number of carbonyl (C=O) groups excluding carboxylic acids is 1. The number of nitrogens with one attached hydrogen (secondary N) is 1. The monoisotopic (exact) mass is 343 g/mol. The summed E-state index contributed by atoms with van der Waals surface area (Å²) in [5.41, 5.74) is 1.04. The van der Waals surface area contributed by atoms with Crippen molar-refractivity contribution in [1.82, 2.24) is 19.9 Å². The van der Waals surface area contributed by atoms with Crippen LogP contribution < -0.4 is 5.32 Å². The highest BCUT2D eigenvalue weighted by Gasteiger charge is 2.19. The van der Waals surface area contributed by atoms with E-state index in [1.54, 1.807) is 17.1 Å². The molecule has 1 saturated heterocycles. The predicted octanol–water partition coefficient (Wildman–Crippen LogP) is 2.29. The zero-order valence-electron chi connectivity index (χ0n) is 13.1. The molecule has 0 radical (unpaired) electrons. The van der Waals surface area contributed by atoms with E-state index >= 15 is 0 Å². The number of pyridine rings is 1. The summed E-state index contributed by atoms with van der Waals surface area (Å²) in [6, 6.07) is 4.34. The molecule has 1 aliphatic heterocycles. The van der Waals surface area contributed by atoms with Crippen molar-refractivity contribution in [1.29, 1.82) is 0 Å². The number of hydrogen-bond acceptors (Lipinski definition) is 6. The molecule has 8 nitrogen and oxygen atoms in total. The molecule has 0 aliphatic carbocycles. The number of carbonyl (C=O) groups is 1. The van der Waals surface area contributed by atoms with Crippen LogP contribution >= 0.6 is 0 Å². The number of nitrogens with zero attached hydrogens (tertiary/aromatic N) is 4. The fraction of sp³-hybridized carbons (Fsp3) is 0.250. The van der Waals surface area contributed by atoms with E-state index in [9.17, 15) is 9.18 Å². The number of amides is 1. The van der Waals surface area contributed by atoms with E-state index in [0.29, 0.717) is 24.6 Å². The lowest BCUT2D eigenvalue weighted by atomic mass is 10.2. The molecule has 1 atom stereocenters. The molecule has 1 aliphatic rings. The summed E-state index contributed by atoms with van der Waals surface area (Å²) in [5, 5.41) is 10.7. The first-order valence-electron chi connectivity index (χ1n) is 7.71. The molecule has 128 valence electrons. The Morgan fingerprint density at radius 1 is 1.36 bits per heavy atom. The Kier molecular flexibility index (Phi) is 3.98. The lowest BCUT2D eigenvalue weighted by Gasteiger charge is -2.06. The molecule has 25 heavy (non-hydrogen) atoms. The van der Waals surface area contributed by atoms with Crippen LogP contribution in [-0.4, -0.2) is 39.0 Å². The second-order valence-electron chi connectivity index (χ2n) is 5.62. The van der Waals surface area contributed by atoms with Crippen LogP contribution in [0.5, 0.6) is 0 Å². The van der Waals surface area contributed by atoms with Crippen molar-refractivity contribution in [3.05, 3.63) is 48.3 Å². The maximum Gasteiger partial charge on any atom is 0.277 e. The van der Waals surface area contributed by atoms with Gasteiger partial charge in [-0.15, -0.1) is 0 Å². The van der Waals surface area contributed by atoms with Crippen molar-refractivity contribution in [3.8, 4) is 11.5 Å². The normalized spacial score (nSPS) is 16.9. The van der Waals surface area contributed by atoms with Crippen LogP contribution in [0.15, 0.2) is 41.3 Å². The Morgan fingerprint density at radius 3 is 3.04 bits per heavy atom. The zero-order valence-corrected chi connectivity index (χ0v) is 13.1. The average molecular weight is 343 g/mol. The van der Waals surface area contributed by atoms with E-state index in [1.807, 2.05) is 0 Å². The highest BCUT2D eigenvalue weighted by Crippen LogP contribution is 2.21. The first kappa shape index (κ1) is 15.5. The topological polar surface area (TPSA) is 95.1 Å². The highest BCUT2D eigenvalue weighted by molar-refractivity contribution is 6.03. The summed E-state index contributed by atoms with van der Waals surface area (Å²) in [6.07, 6.45) is 5.28. The third-order valence-electron chi connectivity index (χ3n) is 3.86. The highest BCUT2D eigenvalue weighted by atomic mass is 19.1. The second-order valence-corrected chi connectivity index (χ2v) is 5.62. The summed E-state index contributed by atoms with van der Waals surface area (Å²) in [6.45, 7) is 1.33.